The van der Waals surface area contributed by atoms with Crippen molar-refractivity contribution in [3.63, 3.8) is 0 Å². The highest BCUT2D eigenvalue weighted by Gasteiger charge is 2.80. The summed E-state index contributed by atoms with van der Waals surface area (Å²) in [4.78, 5) is 40.7. The van der Waals surface area contributed by atoms with Crippen molar-refractivity contribution < 1.29 is 19.1 Å². The lowest BCUT2D eigenvalue weighted by Crippen LogP contribution is -2.55. The Morgan fingerprint density at radius 1 is 0.921 bits per heavy atom. The molecule has 6 saturated carbocycles. The van der Waals surface area contributed by atoms with Gasteiger partial charge in [0.05, 0.1) is 12.5 Å². The Morgan fingerprint density at radius 3 is 2.34 bits per heavy atom. The Morgan fingerprint density at radius 2 is 1.63 bits per heavy atom. The lowest BCUT2D eigenvalue weighted by atomic mass is 9.42. The minimum atomic E-state index is -0.396. The zero-order chi connectivity index (χ0) is 27.2. The molecule has 12 atom stereocenters. The standard InChI is InChI=1S/C34H48O4/c1-18-20-8-11-32(5)23(31(20,4)10-9-21(18)35)16-22(36)25-26-24-19-17-30(2,3)12-14-34(27(19)24,29(37)38-7)15-13-33(32,6)28(25)26/h16,18-20,24-28H,8-15,17H2,1-7H3/t18-,19?,20-,24?,25?,26?,27?,28?,31-,32+,33+,34-/m0/s1. The number of Topliss-reactive ketones (excluding diaryl/α,β-unsaturated/α-hetero) is 1. The molecule has 7 aliphatic carbocycles. The first-order valence-electron chi connectivity index (χ1n) is 15.6. The molecule has 0 N–H and O–H groups in total. The van der Waals surface area contributed by atoms with Gasteiger partial charge in [0.15, 0.2) is 5.78 Å². The quantitative estimate of drug-likeness (QED) is 0.356. The first-order chi connectivity index (χ1) is 17.8. The molecule has 0 spiro atoms. The number of esters is 1. The predicted octanol–water partition coefficient (Wildman–Crippen LogP) is 6.81. The van der Waals surface area contributed by atoms with Crippen molar-refractivity contribution in [2.75, 3.05) is 7.11 Å². The fraction of sp³-hybridized carbons (Fsp3) is 0.853. The largest absolute Gasteiger partial charge is 0.469 e. The van der Waals surface area contributed by atoms with Crippen LogP contribution >= 0.6 is 0 Å². The molecule has 7 rings (SSSR count). The predicted molar refractivity (Wildman–Crippen MR) is 146 cm³/mol. The maximum Gasteiger partial charge on any atom is 0.312 e. The topological polar surface area (TPSA) is 60.4 Å². The van der Waals surface area contributed by atoms with Crippen LogP contribution in [0, 0.1) is 74.4 Å². The van der Waals surface area contributed by atoms with Crippen molar-refractivity contribution in [1.29, 1.82) is 0 Å². The second-order valence-electron chi connectivity index (χ2n) is 16.4. The van der Waals surface area contributed by atoms with E-state index in [4.69, 9.17) is 4.74 Å². The van der Waals surface area contributed by atoms with Gasteiger partial charge in [-0.2, -0.15) is 0 Å². The molecule has 38 heavy (non-hydrogen) atoms. The van der Waals surface area contributed by atoms with Crippen LogP contribution in [0.2, 0.25) is 0 Å². The molecule has 0 aliphatic heterocycles. The monoisotopic (exact) mass is 520 g/mol. The first-order valence-corrected chi connectivity index (χ1v) is 15.6. The summed E-state index contributed by atoms with van der Waals surface area (Å²) in [5.74, 6) is 3.59. The van der Waals surface area contributed by atoms with Gasteiger partial charge < -0.3 is 4.74 Å². The number of methoxy groups -OCH3 is 1. The smallest absolute Gasteiger partial charge is 0.312 e. The fourth-order valence-corrected chi connectivity index (χ4v) is 12.4. The lowest BCUT2D eigenvalue weighted by Gasteiger charge is -2.61. The molecule has 0 aromatic carbocycles. The Balaban J connectivity index is 1.36. The average Bonchev–Trinajstić information content (AvgIpc) is 3.76. The molecule has 0 aromatic heterocycles. The first kappa shape index (κ1) is 25.5. The van der Waals surface area contributed by atoms with Crippen molar-refractivity contribution >= 4 is 17.5 Å². The molecule has 0 heterocycles. The maximum absolute atomic E-state index is 14.2. The van der Waals surface area contributed by atoms with E-state index in [1.807, 2.05) is 0 Å². The molecule has 4 heteroatoms. The average molecular weight is 521 g/mol. The molecular formula is C34H48O4. The van der Waals surface area contributed by atoms with Gasteiger partial charge in [-0.1, -0.05) is 47.1 Å². The summed E-state index contributed by atoms with van der Waals surface area (Å²) in [5, 5.41) is 0. The number of carbonyl (C=O) groups excluding carboxylic acids is 3. The van der Waals surface area contributed by atoms with Crippen LogP contribution in [0.4, 0.5) is 0 Å². The molecule has 208 valence electrons. The Hall–Kier alpha value is -1.45. The van der Waals surface area contributed by atoms with Crippen LogP contribution in [0.1, 0.15) is 99.3 Å². The summed E-state index contributed by atoms with van der Waals surface area (Å²) in [6.45, 7) is 14.3. The highest BCUT2D eigenvalue weighted by Crippen LogP contribution is 2.83. The van der Waals surface area contributed by atoms with Crippen molar-refractivity contribution in [3.8, 4) is 0 Å². The van der Waals surface area contributed by atoms with E-state index in [0.29, 0.717) is 53.5 Å². The van der Waals surface area contributed by atoms with Gasteiger partial charge in [0.25, 0.3) is 0 Å². The van der Waals surface area contributed by atoms with E-state index in [0.717, 1.165) is 44.9 Å². The van der Waals surface area contributed by atoms with Crippen molar-refractivity contribution in [2.24, 2.45) is 74.4 Å². The van der Waals surface area contributed by atoms with Crippen molar-refractivity contribution in [2.45, 2.75) is 99.3 Å². The SMILES string of the molecule is COC(=O)[C@@]12CCC(C)(C)CC3C(C4C5C(=O)C=C6[C@@]7(C)CCC(=O)[C@@H](C)[C@@H]7CC[C@@]6(C)[C@](C)(CC1)C54)C32. The number of hydrogen-bond acceptors (Lipinski definition) is 4. The molecule has 0 amide bonds. The second-order valence-corrected chi connectivity index (χ2v) is 16.4. The van der Waals surface area contributed by atoms with Gasteiger partial charge in [0, 0.05) is 18.3 Å². The third-order valence-electron chi connectivity index (χ3n) is 14.7. The van der Waals surface area contributed by atoms with Gasteiger partial charge in [-0.3, -0.25) is 14.4 Å². The second kappa shape index (κ2) is 7.43. The van der Waals surface area contributed by atoms with E-state index in [1.54, 1.807) is 7.11 Å². The van der Waals surface area contributed by atoms with Gasteiger partial charge in [-0.15, -0.1) is 0 Å². The van der Waals surface area contributed by atoms with Crippen LogP contribution in [0.5, 0.6) is 0 Å². The van der Waals surface area contributed by atoms with Gasteiger partial charge in [-0.05, 0) is 115 Å². The molecular weight excluding hydrogens is 472 g/mol. The lowest BCUT2D eigenvalue weighted by molar-refractivity contribution is -0.158. The molecule has 7 aliphatic rings. The van der Waals surface area contributed by atoms with Gasteiger partial charge in [0.1, 0.15) is 5.78 Å². The minimum absolute atomic E-state index is 0.0188. The third kappa shape index (κ3) is 2.86. The van der Waals surface area contributed by atoms with Crippen molar-refractivity contribution in [3.05, 3.63) is 11.6 Å². The highest BCUT2D eigenvalue weighted by atomic mass is 16.5. The molecule has 0 radical (unpaired) electrons. The molecule has 0 bridgehead atoms. The summed E-state index contributed by atoms with van der Waals surface area (Å²) in [5.41, 5.74) is 1.01. The van der Waals surface area contributed by atoms with Crippen LogP contribution in [0.25, 0.3) is 0 Å². The van der Waals surface area contributed by atoms with Crippen LogP contribution < -0.4 is 0 Å². The van der Waals surface area contributed by atoms with E-state index < -0.39 is 5.41 Å². The third-order valence-corrected chi connectivity index (χ3v) is 14.7. The maximum atomic E-state index is 14.2. The zero-order valence-electron chi connectivity index (χ0n) is 24.7. The molecule has 6 fully saturated rings. The van der Waals surface area contributed by atoms with Crippen LogP contribution in [-0.2, 0) is 19.1 Å². The fourth-order valence-electron chi connectivity index (χ4n) is 12.4. The van der Waals surface area contributed by atoms with Crippen LogP contribution in [-0.4, -0.2) is 24.6 Å². The molecule has 4 nitrogen and oxygen atoms in total. The zero-order valence-corrected chi connectivity index (χ0v) is 24.7. The Kier molecular flexibility index (Phi) is 4.99. The van der Waals surface area contributed by atoms with Gasteiger partial charge in [0.2, 0.25) is 0 Å². The Bertz CT molecular complexity index is 1160. The summed E-state index contributed by atoms with van der Waals surface area (Å²) in [7, 11) is 1.59. The number of ketones is 2. The van der Waals surface area contributed by atoms with Crippen molar-refractivity contribution in [1.82, 2.24) is 0 Å². The number of fused-ring (bicyclic) bond motifs is 7. The molecule has 6 unspecified atom stereocenters. The minimum Gasteiger partial charge on any atom is -0.469 e. The number of ether oxygens (including phenoxy) is 1. The van der Waals surface area contributed by atoms with E-state index >= 15 is 0 Å². The van der Waals surface area contributed by atoms with Gasteiger partial charge in [-0.25, -0.2) is 0 Å². The molecule has 0 saturated heterocycles. The normalized spacial score (nSPS) is 55.8. The van der Waals surface area contributed by atoms with E-state index in [9.17, 15) is 14.4 Å². The van der Waals surface area contributed by atoms with Gasteiger partial charge >= 0.3 is 5.97 Å². The molecule has 0 aromatic rings. The highest BCUT2D eigenvalue weighted by molar-refractivity contribution is 5.96. The summed E-state index contributed by atoms with van der Waals surface area (Å²) in [6, 6.07) is 0. The Labute approximate surface area is 229 Å². The number of rotatable bonds is 1. The summed E-state index contributed by atoms with van der Waals surface area (Å²) >= 11 is 0. The van der Waals surface area contributed by atoms with E-state index in [1.165, 1.54) is 12.0 Å². The summed E-state index contributed by atoms with van der Waals surface area (Å²) < 4.78 is 5.61. The number of hydrogen-bond donors (Lipinski definition) is 0. The van der Waals surface area contributed by atoms with Crippen LogP contribution in [0.3, 0.4) is 0 Å². The van der Waals surface area contributed by atoms with Crippen LogP contribution in [0.15, 0.2) is 11.6 Å². The van der Waals surface area contributed by atoms with E-state index in [-0.39, 0.29) is 39.5 Å². The van der Waals surface area contributed by atoms with E-state index in [2.05, 4.69) is 47.6 Å². The summed E-state index contributed by atoms with van der Waals surface area (Å²) in [6.07, 6.45) is 10.8. The number of allylic oxidation sites excluding steroid dienone is 2. The number of carbonyl (C=O) groups is 3.